The number of furan rings is 1. The predicted molar refractivity (Wildman–Crippen MR) is 187 cm³/mol. The smallest absolute Gasteiger partial charge is 0.177 e. The second-order valence-electron chi connectivity index (χ2n) is 12.5. The fraction of sp³-hybridized carbons (Fsp3) is 0.0714. The molecule has 0 aliphatic heterocycles. The van der Waals surface area contributed by atoms with Crippen molar-refractivity contribution >= 4 is 49.9 Å². The van der Waals surface area contributed by atoms with E-state index < -0.39 is 0 Å². The molecule has 0 spiro atoms. The standard InChI is InChI=1S/C42H30N2O/c1-42(2)36-15-9-8-14-33(36)34-26-32(20-21-37(34)42)44(31-18-16-28(17-19-31)27-10-4-3-5-11-27)38-22-23-43-40-35-24-29-12-6-7-13-30(29)25-39(35)45-41(38)40/h3-26H,1-2H3. The van der Waals surface area contributed by atoms with E-state index in [4.69, 9.17) is 9.40 Å². The van der Waals surface area contributed by atoms with Crippen molar-refractivity contribution in [3.63, 3.8) is 0 Å². The maximum atomic E-state index is 6.69. The van der Waals surface area contributed by atoms with Gasteiger partial charge in [0.15, 0.2) is 5.58 Å². The van der Waals surface area contributed by atoms with Crippen LogP contribution in [0.25, 0.3) is 55.1 Å². The summed E-state index contributed by atoms with van der Waals surface area (Å²) in [5, 5.41) is 3.35. The molecule has 0 fully saturated rings. The van der Waals surface area contributed by atoms with Gasteiger partial charge in [-0.25, -0.2) is 0 Å². The van der Waals surface area contributed by atoms with Crippen LogP contribution < -0.4 is 4.90 Å². The third-order valence-electron chi connectivity index (χ3n) is 9.50. The lowest BCUT2D eigenvalue weighted by atomic mass is 9.82. The van der Waals surface area contributed by atoms with Gasteiger partial charge >= 0.3 is 0 Å². The van der Waals surface area contributed by atoms with Crippen molar-refractivity contribution in [2.75, 3.05) is 4.90 Å². The molecule has 2 heterocycles. The van der Waals surface area contributed by atoms with Crippen LogP contribution >= 0.6 is 0 Å². The molecule has 0 radical (unpaired) electrons. The van der Waals surface area contributed by atoms with Crippen LogP contribution in [0.1, 0.15) is 25.0 Å². The summed E-state index contributed by atoms with van der Waals surface area (Å²) in [6.07, 6.45) is 1.90. The molecular weight excluding hydrogens is 548 g/mol. The number of rotatable bonds is 4. The molecule has 1 aliphatic carbocycles. The molecule has 45 heavy (non-hydrogen) atoms. The Hall–Kier alpha value is -5.67. The number of pyridine rings is 1. The normalized spacial score (nSPS) is 13.3. The largest absolute Gasteiger partial charge is 0.452 e. The van der Waals surface area contributed by atoms with Crippen molar-refractivity contribution in [2.45, 2.75) is 19.3 Å². The maximum absolute atomic E-state index is 6.69. The second-order valence-corrected chi connectivity index (χ2v) is 12.5. The van der Waals surface area contributed by atoms with Crippen LogP contribution in [0.15, 0.2) is 150 Å². The number of nitrogens with zero attached hydrogens (tertiary/aromatic N) is 2. The highest BCUT2D eigenvalue weighted by Crippen LogP contribution is 2.51. The van der Waals surface area contributed by atoms with Crippen molar-refractivity contribution in [3.05, 3.63) is 157 Å². The minimum absolute atomic E-state index is 0.0582. The number of aromatic nitrogens is 1. The van der Waals surface area contributed by atoms with Gasteiger partial charge in [0.2, 0.25) is 0 Å². The third kappa shape index (κ3) is 3.94. The Labute approximate surface area is 262 Å². The van der Waals surface area contributed by atoms with Gasteiger partial charge in [-0.15, -0.1) is 0 Å². The Bertz CT molecular complexity index is 2400. The average molecular weight is 579 g/mol. The average Bonchev–Trinajstić information content (AvgIpc) is 3.56. The Balaban J connectivity index is 1.28. The molecule has 0 unspecified atom stereocenters. The van der Waals surface area contributed by atoms with Gasteiger partial charge in [0.05, 0.1) is 5.69 Å². The fourth-order valence-electron chi connectivity index (χ4n) is 7.21. The summed E-state index contributed by atoms with van der Waals surface area (Å²) in [5.41, 5.74) is 13.2. The lowest BCUT2D eigenvalue weighted by Crippen LogP contribution is -2.15. The molecule has 3 heteroatoms. The number of fused-ring (bicyclic) bond motifs is 7. The van der Waals surface area contributed by atoms with Gasteiger partial charge in [0.1, 0.15) is 11.1 Å². The fourth-order valence-corrected chi connectivity index (χ4v) is 7.21. The van der Waals surface area contributed by atoms with E-state index in [-0.39, 0.29) is 5.41 Å². The highest BCUT2D eigenvalue weighted by molar-refractivity contribution is 6.12. The van der Waals surface area contributed by atoms with Gasteiger partial charge in [0.25, 0.3) is 0 Å². The van der Waals surface area contributed by atoms with E-state index in [1.54, 1.807) is 0 Å². The maximum Gasteiger partial charge on any atom is 0.177 e. The predicted octanol–water partition coefficient (Wildman–Crippen LogP) is 11.6. The van der Waals surface area contributed by atoms with Gasteiger partial charge in [0, 0.05) is 28.4 Å². The van der Waals surface area contributed by atoms with Gasteiger partial charge < -0.3 is 9.32 Å². The monoisotopic (exact) mass is 578 g/mol. The summed E-state index contributed by atoms with van der Waals surface area (Å²) in [6, 6.07) is 49.8. The highest BCUT2D eigenvalue weighted by atomic mass is 16.3. The number of anilines is 3. The summed E-state index contributed by atoms with van der Waals surface area (Å²) < 4.78 is 6.69. The number of hydrogen-bond donors (Lipinski definition) is 0. The van der Waals surface area contributed by atoms with E-state index in [1.807, 2.05) is 6.20 Å². The van der Waals surface area contributed by atoms with E-state index in [0.717, 1.165) is 44.5 Å². The van der Waals surface area contributed by atoms with Crippen molar-refractivity contribution in [1.82, 2.24) is 4.98 Å². The van der Waals surface area contributed by atoms with Crippen LogP contribution in [0, 0.1) is 0 Å². The van der Waals surface area contributed by atoms with Crippen LogP contribution in [0.5, 0.6) is 0 Å². The Morgan fingerprint density at radius 2 is 1.24 bits per heavy atom. The Morgan fingerprint density at radius 1 is 0.578 bits per heavy atom. The molecular formula is C42H30N2O. The molecule has 0 bridgehead atoms. The van der Waals surface area contributed by atoms with Crippen molar-refractivity contribution < 1.29 is 4.42 Å². The molecule has 9 rings (SSSR count). The van der Waals surface area contributed by atoms with Crippen molar-refractivity contribution in [3.8, 4) is 22.3 Å². The SMILES string of the molecule is CC1(C)c2ccccc2-c2cc(N(c3ccc(-c4ccccc4)cc3)c3ccnc4c3oc3cc5ccccc5cc34)ccc21. The number of benzene rings is 6. The lowest BCUT2D eigenvalue weighted by Gasteiger charge is -2.27. The molecule has 6 aromatic carbocycles. The third-order valence-corrected chi connectivity index (χ3v) is 9.50. The van der Waals surface area contributed by atoms with Crippen LogP contribution in [0.2, 0.25) is 0 Å². The summed E-state index contributed by atoms with van der Waals surface area (Å²) in [6.45, 7) is 4.64. The zero-order chi connectivity index (χ0) is 30.1. The highest BCUT2D eigenvalue weighted by Gasteiger charge is 2.35. The van der Waals surface area contributed by atoms with Gasteiger partial charge in [-0.2, -0.15) is 0 Å². The minimum atomic E-state index is -0.0582. The van der Waals surface area contributed by atoms with E-state index in [9.17, 15) is 0 Å². The van der Waals surface area contributed by atoms with Crippen LogP contribution in [0.3, 0.4) is 0 Å². The molecule has 0 N–H and O–H groups in total. The first-order valence-electron chi connectivity index (χ1n) is 15.5. The zero-order valence-corrected chi connectivity index (χ0v) is 25.2. The zero-order valence-electron chi connectivity index (χ0n) is 25.2. The van der Waals surface area contributed by atoms with Crippen molar-refractivity contribution in [1.29, 1.82) is 0 Å². The summed E-state index contributed by atoms with van der Waals surface area (Å²) in [4.78, 5) is 7.16. The minimum Gasteiger partial charge on any atom is -0.452 e. The molecule has 8 aromatic rings. The topological polar surface area (TPSA) is 29.3 Å². The van der Waals surface area contributed by atoms with E-state index in [2.05, 4.69) is 158 Å². The first-order valence-corrected chi connectivity index (χ1v) is 15.5. The molecule has 2 aromatic heterocycles. The first-order chi connectivity index (χ1) is 22.1. The summed E-state index contributed by atoms with van der Waals surface area (Å²) >= 11 is 0. The van der Waals surface area contributed by atoms with Crippen molar-refractivity contribution in [2.24, 2.45) is 0 Å². The van der Waals surface area contributed by atoms with Crippen LogP contribution in [0.4, 0.5) is 17.1 Å². The van der Waals surface area contributed by atoms with Crippen LogP contribution in [-0.2, 0) is 5.41 Å². The quantitative estimate of drug-likeness (QED) is 0.208. The Kier molecular flexibility index (Phi) is 5.54. The molecule has 3 nitrogen and oxygen atoms in total. The second kappa shape index (κ2) is 9.67. The molecule has 0 atom stereocenters. The van der Waals surface area contributed by atoms with E-state index >= 15 is 0 Å². The summed E-state index contributed by atoms with van der Waals surface area (Å²) in [5.74, 6) is 0. The van der Waals surface area contributed by atoms with Gasteiger partial charge in [-0.1, -0.05) is 111 Å². The summed E-state index contributed by atoms with van der Waals surface area (Å²) in [7, 11) is 0. The molecule has 0 saturated carbocycles. The molecule has 0 saturated heterocycles. The van der Waals surface area contributed by atoms with E-state index in [0.29, 0.717) is 0 Å². The molecule has 214 valence electrons. The van der Waals surface area contributed by atoms with Gasteiger partial charge in [-0.3, -0.25) is 4.98 Å². The molecule has 1 aliphatic rings. The number of hydrogen-bond acceptors (Lipinski definition) is 3. The Morgan fingerprint density at radius 3 is 2.07 bits per heavy atom. The van der Waals surface area contributed by atoms with Crippen LogP contribution in [-0.4, -0.2) is 4.98 Å². The first kappa shape index (κ1) is 25.8. The van der Waals surface area contributed by atoms with Gasteiger partial charge in [-0.05, 0) is 86.6 Å². The van der Waals surface area contributed by atoms with E-state index in [1.165, 1.54) is 38.8 Å². The molecule has 0 amide bonds. The lowest BCUT2D eigenvalue weighted by molar-refractivity contribution is 0.660.